The van der Waals surface area contributed by atoms with Gasteiger partial charge in [-0.3, -0.25) is 4.98 Å². The molecule has 2 aromatic heterocycles. The van der Waals surface area contributed by atoms with E-state index < -0.39 is 0 Å². The molecule has 1 aliphatic heterocycles. The number of pyridine rings is 1. The standard InChI is InChI=1S/C20H22ClN3/c1-14-3-4-15(12-22-14)7-10-24-19-6-5-16(21)11-18(19)17-8-9-23(2)13-20(17)24/h3-6,11-12H,7-10,13H2,1-2H3. The third-order valence-corrected chi connectivity index (χ3v) is 5.24. The smallest absolute Gasteiger partial charge is 0.0486 e. The lowest BCUT2D eigenvalue weighted by Crippen LogP contribution is -2.28. The molecule has 0 aliphatic carbocycles. The molecule has 24 heavy (non-hydrogen) atoms. The first kappa shape index (κ1) is 15.7. The normalized spacial score (nSPS) is 15.0. The van der Waals surface area contributed by atoms with E-state index >= 15 is 0 Å². The second-order valence-electron chi connectivity index (χ2n) is 6.78. The summed E-state index contributed by atoms with van der Waals surface area (Å²) >= 11 is 6.26. The van der Waals surface area contributed by atoms with Gasteiger partial charge in [-0.15, -0.1) is 0 Å². The van der Waals surface area contributed by atoms with E-state index in [4.69, 9.17) is 11.6 Å². The van der Waals surface area contributed by atoms with Gasteiger partial charge in [0.1, 0.15) is 0 Å². The van der Waals surface area contributed by atoms with Crippen LogP contribution >= 0.6 is 11.6 Å². The third-order valence-electron chi connectivity index (χ3n) is 5.01. The molecule has 0 saturated heterocycles. The number of likely N-dealkylation sites (N-methyl/N-ethyl adjacent to an activating group) is 1. The summed E-state index contributed by atoms with van der Waals surface area (Å²) in [6.45, 7) is 5.12. The minimum atomic E-state index is 0.823. The summed E-state index contributed by atoms with van der Waals surface area (Å²) in [5, 5.41) is 2.15. The van der Waals surface area contributed by atoms with Crippen molar-refractivity contribution < 1.29 is 0 Å². The van der Waals surface area contributed by atoms with Crippen LogP contribution in [0.4, 0.5) is 0 Å². The predicted octanol–water partition coefficient (Wildman–Crippen LogP) is 4.23. The first-order chi connectivity index (χ1) is 11.6. The molecule has 1 aromatic carbocycles. The van der Waals surface area contributed by atoms with Gasteiger partial charge in [0, 0.05) is 53.1 Å². The Balaban J connectivity index is 1.73. The van der Waals surface area contributed by atoms with Gasteiger partial charge in [0.15, 0.2) is 0 Å². The van der Waals surface area contributed by atoms with Crippen molar-refractivity contribution in [2.75, 3.05) is 13.6 Å². The molecule has 0 bridgehead atoms. The Bertz CT molecular complexity index is 880. The lowest BCUT2D eigenvalue weighted by Gasteiger charge is -2.24. The molecule has 0 saturated carbocycles. The highest BCUT2D eigenvalue weighted by Crippen LogP contribution is 2.32. The van der Waals surface area contributed by atoms with Gasteiger partial charge in [0.2, 0.25) is 0 Å². The molecule has 3 nitrogen and oxygen atoms in total. The predicted molar refractivity (Wildman–Crippen MR) is 99.7 cm³/mol. The molecule has 4 rings (SSSR count). The molecular weight excluding hydrogens is 318 g/mol. The van der Waals surface area contributed by atoms with Crippen LogP contribution in [0.5, 0.6) is 0 Å². The van der Waals surface area contributed by atoms with Gasteiger partial charge in [0.25, 0.3) is 0 Å². The van der Waals surface area contributed by atoms with Gasteiger partial charge in [0.05, 0.1) is 0 Å². The van der Waals surface area contributed by atoms with Crippen molar-refractivity contribution in [3.8, 4) is 0 Å². The van der Waals surface area contributed by atoms with Crippen LogP contribution in [0.3, 0.4) is 0 Å². The molecule has 1 aliphatic rings. The van der Waals surface area contributed by atoms with Crippen molar-refractivity contribution in [2.24, 2.45) is 0 Å². The number of hydrogen-bond acceptors (Lipinski definition) is 2. The molecule has 0 fully saturated rings. The van der Waals surface area contributed by atoms with Crippen molar-refractivity contribution in [1.29, 1.82) is 0 Å². The lowest BCUT2D eigenvalue weighted by atomic mass is 10.0. The van der Waals surface area contributed by atoms with Crippen LogP contribution in [0.2, 0.25) is 5.02 Å². The Labute approximate surface area is 147 Å². The summed E-state index contributed by atoms with van der Waals surface area (Å²) in [6.07, 6.45) is 4.09. The van der Waals surface area contributed by atoms with E-state index in [0.29, 0.717) is 0 Å². The molecule has 3 aromatic rings. The van der Waals surface area contributed by atoms with Crippen molar-refractivity contribution >= 4 is 22.5 Å². The highest BCUT2D eigenvalue weighted by molar-refractivity contribution is 6.31. The van der Waals surface area contributed by atoms with Crippen LogP contribution in [-0.4, -0.2) is 28.0 Å². The van der Waals surface area contributed by atoms with Gasteiger partial charge in [-0.25, -0.2) is 0 Å². The molecular formula is C20H22ClN3. The number of aryl methyl sites for hydroxylation is 3. The van der Waals surface area contributed by atoms with E-state index in [1.807, 2.05) is 19.2 Å². The van der Waals surface area contributed by atoms with Gasteiger partial charge in [-0.1, -0.05) is 17.7 Å². The molecule has 0 N–H and O–H groups in total. The fourth-order valence-corrected chi connectivity index (χ4v) is 3.86. The van der Waals surface area contributed by atoms with E-state index in [-0.39, 0.29) is 0 Å². The number of aromatic nitrogens is 2. The van der Waals surface area contributed by atoms with Crippen LogP contribution in [0, 0.1) is 6.92 Å². The Morgan fingerprint density at radius 3 is 2.88 bits per heavy atom. The minimum absolute atomic E-state index is 0.823. The van der Waals surface area contributed by atoms with Crippen molar-refractivity contribution in [3.63, 3.8) is 0 Å². The molecule has 3 heterocycles. The number of halogens is 1. The molecule has 0 amide bonds. The van der Waals surface area contributed by atoms with Crippen molar-refractivity contribution in [3.05, 3.63) is 64.1 Å². The number of hydrogen-bond donors (Lipinski definition) is 0. The lowest BCUT2D eigenvalue weighted by molar-refractivity contribution is 0.303. The number of nitrogens with zero attached hydrogens (tertiary/aromatic N) is 3. The second kappa shape index (κ2) is 6.23. The number of rotatable bonds is 3. The topological polar surface area (TPSA) is 21.1 Å². The van der Waals surface area contributed by atoms with E-state index in [1.54, 1.807) is 0 Å². The Hall–Kier alpha value is -1.84. The summed E-state index contributed by atoms with van der Waals surface area (Å²) in [7, 11) is 2.20. The Morgan fingerprint density at radius 2 is 2.08 bits per heavy atom. The molecule has 4 heteroatoms. The first-order valence-corrected chi connectivity index (χ1v) is 8.89. The molecule has 0 spiro atoms. The summed E-state index contributed by atoms with van der Waals surface area (Å²) in [5.74, 6) is 0. The fourth-order valence-electron chi connectivity index (χ4n) is 3.69. The Kier molecular flexibility index (Phi) is 4.07. The van der Waals surface area contributed by atoms with Gasteiger partial charge < -0.3 is 9.47 Å². The molecule has 0 unspecified atom stereocenters. The van der Waals surface area contributed by atoms with E-state index in [0.717, 1.165) is 43.2 Å². The zero-order valence-electron chi connectivity index (χ0n) is 14.2. The van der Waals surface area contributed by atoms with Gasteiger partial charge in [-0.2, -0.15) is 0 Å². The summed E-state index contributed by atoms with van der Waals surface area (Å²) < 4.78 is 2.48. The van der Waals surface area contributed by atoms with Crippen LogP contribution in [-0.2, 0) is 25.9 Å². The maximum Gasteiger partial charge on any atom is 0.0486 e. The summed E-state index contributed by atoms with van der Waals surface area (Å²) in [4.78, 5) is 6.81. The highest BCUT2D eigenvalue weighted by Gasteiger charge is 2.22. The van der Waals surface area contributed by atoms with E-state index in [2.05, 4.69) is 45.8 Å². The minimum Gasteiger partial charge on any atom is -0.343 e. The van der Waals surface area contributed by atoms with Crippen LogP contribution in [0.25, 0.3) is 10.9 Å². The van der Waals surface area contributed by atoms with Crippen molar-refractivity contribution in [1.82, 2.24) is 14.5 Å². The third kappa shape index (κ3) is 2.83. The monoisotopic (exact) mass is 339 g/mol. The maximum atomic E-state index is 6.26. The molecule has 124 valence electrons. The van der Waals surface area contributed by atoms with Crippen LogP contribution in [0.15, 0.2) is 36.5 Å². The average molecular weight is 340 g/mol. The van der Waals surface area contributed by atoms with Gasteiger partial charge in [-0.05, 0) is 62.2 Å². The molecule has 0 radical (unpaired) electrons. The first-order valence-electron chi connectivity index (χ1n) is 8.51. The highest BCUT2D eigenvalue weighted by atomic mass is 35.5. The number of benzene rings is 1. The zero-order valence-corrected chi connectivity index (χ0v) is 15.0. The van der Waals surface area contributed by atoms with Gasteiger partial charge >= 0.3 is 0 Å². The van der Waals surface area contributed by atoms with Crippen LogP contribution < -0.4 is 0 Å². The summed E-state index contributed by atoms with van der Waals surface area (Å²) in [5.41, 5.74) is 6.58. The largest absolute Gasteiger partial charge is 0.343 e. The van der Waals surface area contributed by atoms with E-state index in [1.165, 1.54) is 27.7 Å². The second-order valence-corrected chi connectivity index (χ2v) is 7.22. The quantitative estimate of drug-likeness (QED) is 0.712. The maximum absolute atomic E-state index is 6.26. The average Bonchev–Trinajstić information content (AvgIpc) is 2.86. The Morgan fingerprint density at radius 1 is 1.21 bits per heavy atom. The summed E-state index contributed by atoms with van der Waals surface area (Å²) in [6, 6.07) is 10.6. The molecule has 0 atom stereocenters. The SMILES string of the molecule is Cc1ccc(CCn2c3c(c4cc(Cl)ccc42)CCN(C)C3)cn1. The van der Waals surface area contributed by atoms with Crippen molar-refractivity contribution in [2.45, 2.75) is 32.9 Å². The zero-order chi connectivity index (χ0) is 16.7. The fraction of sp³-hybridized carbons (Fsp3) is 0.350. The number of fused-ring (bicyclic) bond motifs is 3. The van der Waals surface area contributed by atoms with Crippen LogP contribution in [0.1, 0.15) is 22.5 Å². The van der Waals surface area contributed by atoms with E-state index in [9.17, 15) is 0 Å².